The monoisotopic (exact) mass is 166 g/mol. The van der Waals surface area contributed by atoms with Gasteiger partial charge < -0.3 is 4.74 Å². The lowest BCUT2D eigenvalue weighted by Crippen LogP contribution is -2.36. The van der Waals surface area contributed by atoms with E-state index in [1.807, 2.05) is 0 Å². The van der Waals surface area contributed by atoms with E-state index in [-0.39, 0.29) is 6.42 Å². The van der Waals surface area contributed by atoms with E-state index >= 15 is 0 Å². The average Bonchev–Trinajstić information content (AvgIpc) is 2.59. The number of alkyl halides is 3. The Labute approximate surface area is 62.5 Å². The second-order valence-corrected chi connectivity index (χ2v) is 3.24. The molecular weight excluding hydrogens is 157 g/mol. The molecular formula is C7H9F3O. The lowest BCUT2D eigenvalue weighted by Gasteiger charge is -2.19. The van der Waals surface area contributed by atoms with Crippen molar-refractivity contribution >= 4 is 0 Å². The van der Waals surface area contributed by atoms with Crippen molar-refractivity contribution in [3.8, 4) is 0 Å². The summed E-state index contributed by atoms with van der Waals surface area (Å²) >= 11 is 0. The number of rotatable bonds is 0. The third-order valence-corrected chi connectivity index (χ3v) is 2.56. The van der Waals surface area contributed by atoms with Gasteiger partial charge in [-0.15, -0.1) is 0 Å². The van der Waals surface area contributed by atoms with Crippen molar-refractivity contribution < 1.29 is 17.9 Å². The highest BCUT2D eigenvalue weighted by molar-refractivity contribution is 5.09. The molecule has 0 spiro atoms. The summed E-state index contributed by atoms with van der Waals surface area (Å²) in [6.45, 7) is 0. The van der Waals surface area contributed by atoms with Crippen LogP contribution in [-0.4, -0.2) is 17.9 Å². The molecule has 0 aromatic heterocycles. The van der Waals surface area contributed by atoms with Gasteiger partial charge in [0.1, 0.15) is 0 Å². The SMILES string of the molecule is FC(F)(F)C12CCCCC1O2. The van der Waals surface area contributed by atoms with Gasteiger partial charge in [-0.2, -0.15) is 13.2 Å². The summed E-state index contributed by atoms with van der Waals surface area (Å²) in [7, 11) is 0. The predicted octanol–water partition coefficient (Wildman–Crippen LogP) is 2.26. The first kappa shape index (κ1) is 7.40. The summed E-state index contributed by atoms with van der Waals surface area (Å²) in [6, 6.07) is 0. The molecule has 1 heterocycles. The Morgan fingerprint density at radius 1 is 1.27 bits per heavy atom. The normalized spacial score (nSPS) is 43.4. The molecule has 2 rings (SSSR count). The van der Waals surface area contributed by atoms with Gasteiger partial charge in [0.2, 0.25) is 0 Å². The molecule has 0 aromatic rings. The van der Waals surface area contributed by atoms with Gasteiger partial charge in [0, 0.05) is 0 Å². The van der Waals surface area contributed by atoms with Crippen molar-refractivity contribution in [1.82, 2.24) is 0 Å². The molecule has 0 amide bonds. The standard InChI is InChI=1S/C7H9F3O/c8-7(9,10)6-4-2-1-3-5(6)11-6/h5H,1-4H2. The Morgan fingerprint density at radius 2 is 2.00 bits per heavy atom. The topological polar surface area (TPSA) is 12.5 Å². The summed E-state index contributed by atoms with van der Waals surface area (Å²) in [5, 5.41) is 0. The van der Waals surface area contributed by atoms with Crippen LogP contribution >= 0.6 is 0 Å². The lowest BCUT2D eigenvalue weighted by atomic mass is 9.89. The zero-order chi connectivity index (χ0) is 8.11. The average molecular weight is 166 g/mol. The van der Waals surface area contributed by atoms with Gasteiger partial charge in [-0.1, -0.05) is 12.8 Å². The van der Waals surface area contributed by atoms with Gasteiger partial charge in [-0.25, -0.2) is 0 Å². The van der Waals surface area contributed by atoms with Crippen LogP contribution in [-0.2, 0) is 4.74 Å². The highest BCUT2D eigenvalue weighted by Gasteiger charge is 2.73. The zero-order valence-corrected chi connectivity index (χ0v) is 5.95. The van der Waals surface area contributed by atoms with Crippen LogP contribution in [0.4, 0.5) is 13.2 Å². The van der Waals surface area contributed by atoms with E-state index in [9.17, 15) is 13.2 Å². The molecule has 1 nitrogen and oxygen atoms in total. The fraction of sp³-hybridized carbons (Fsp3) is 1.00. The minimum Gasteiger partial charge on any atom is -0.356 e. The summed E-state index contributed by atoms with van der Waals surface area (Å²) < 4.78 is 41.4. The van der Waals surface area contributed by atoms with E-state index < -0.39 is 17.9 Å². The van der Waals surface area contributed by atoms with Crippen molar-refractivity contribution in [2.24, 2.45) is 0 Å². The molecule has 2 fully saturated rings. The largest absolute Gasteiger partial charge is 0.420 e. The van der Waals surface area contributed by atoms with Crippen molar-refractivity contribution in [2.45, 2.75) is 43.6 Å². The number of halogens is 3. The first-order valence-electron chi connectivity index (χ1n) is 3.81. The predicted molar refractivity (Wildman–Crippen MR) is 32.1 cm³/mol. The molecule has 4 heteroatoms. The Hall–Kier alpha value is -0.250. The summed E-state index contributed by atoms with van der Waals surface area (Å²) in [6.07, 6.45) is -2.38. The Kier molecular flexibility index (Phi) is 1.29. The van der Waals surface area contributed by atoms with Gasteiger partial charge in [0.05, 0.1) is 6.10 Å². The van der Waals surface area contributed by atoms with Crippen molar-refractivity contribution in [1.29, 1.82) is 0 Å². The van der Waals surface area contributed by atoms with E-state index in [2.05, 4.69) is 0 Å². The van der Waals surface area contributed by atoms with Gasteiger partial charge in [0.15, 0.2) is 5.60 Å². The number of fused-ring (bicyclic) bond motifs is 1. The Bertz CT molecular complexity index is 177. The van der Waals surface area contributed by atoms with Crippen LogP contribution in [0.5, 0.6) is 0 Å². The molecule has 1 aliphatic carbocycles. The molecule has 2 atom stereocenters. The molecule has 1 saturated heterocycles. The number of hydrogen-bond acceptors (Lipinski definition) is 1. The highest BCUT2D eigenvalue weighted by Crippen LogP contribution is 2.56. The van der Waals surface area contributed by atoms with Crippen LogP contribution < -0.4 is 0 Å². The second-order valence-electron chi connectivity index (χ2n) is 3.24. The van der Waals surface area contributed by atoms with Crippen LogP contribution in [0.25, 0.3) is 0 Å². The summed E-state index contributed by atoms with van der Waals surface area (Å²) in [4.78, 5) is 0. The third kappa shape index (κ3) is 0.883. The van der Waals surface area contributed by atoms with E-state index in [0.717, 1.165) is 6.42 Å². The molecule has 2 aliphatic rings. The number of hydrogen-bond donors (Lipinski definition) is 0. The molecule has 1 saturated carbocycles. The van der Waals surface area contributed by atoms with E-state index in [1.165, 1.54) is 0 Å². The molecule has 11 heavy (non-hydrogen) atoms. The fourth-order valence-corrected chi connectivity index (χ4v) is 1.84. The van der Waals surface area contributed by atoms with E-state index in [4.69, 9.17) is 4.74 Å². The maximum absolute atomic E-state index is 12.2. The van der Waals surface area contributed by atoms with Gasteiger partial charge in [0.25, 0.3) is 0 Å². The minimum atomic E-state index is -4.14. The van der Waals surface area contributed by atoms with Gasteiger partial charge in [-0.05, 0) is 12.8 Å². The van der Waals surface area contributed by atoms with Crippen molar-refractivity contribution in [3.63, 3.8) is 0 Å². The first-order valence-corrected chi connectivity index (χ1v) is 3.81. The van der Waals surface area contributed by atoms with E-state index in [0.29, 0.717) is 12.8 Å². The minimum absolute atomic E-state index is 0.168. The van der Waals surface area contributed by atoms with Crippen LogP contribution in [0.15, 0.2) is 0 Å². The summed E-state index contributed by atoms with van der Waals surface area (Å²) in [5.74, 6) is 0. The summed E-state index contributed by atoms with van der Waals surface area (Å²) in [5.41, 5.74) is -1.72. The highest BCUT2D eigenvalue weighted by atomic mass is 19.4. The van der Waals surface area contributed by atoms with Gasteiger partial charge in [-0.3, -0.25) is 0 Å². The molecule has 1 aliphatic heterocycles. The van der Waals surface area contributed by atoms with Crippen LogP contribution in [0.3, 0.4) is 0 Å². The number of ether oxygens (including phenoxy) is 1. The van der Waals surface area contributed by atoms with Crippen LogP contribution in [0.2, 0.25) is 0 Å². The van der Waals surface area contributed by atoms with E-state index in [1.54, 1.807) is 0 Å². The third-order valence-electron chi connectivity index (χ3n) is 2.56. The zero-order valence-electron chi connectivity index (χ0n) is 5.95. The first-order chi connectivity index (χ1) is 5.06. The maximum Gasteiger partial charge on any atom is 0.420 e. The van der Waals surface area contributed by atoms with Crippen molar-refractivity contribution in [2.75, 3.05) is 0 Å². The second kappa shape index (κ2) is 1.91. The van der Waals surface area contributed by atoms with Gasteiger partial charge >= 0.3 is 6.18 Å². The smallest absolute Gasteiger partial charge is 0.356 e. The molecule has 0 radical (unpaired) electrons. The molecule has 2 unspecified atom stereocenters. The van der Waals surface area contributed by atoms with Crippen LogP contribution in [0.1, 0.15) is 25.7 Å². The molecule has 0 aromatic carbocycles. The molecule has 0 N–H and O–H groups in total. The van der Waals surface area contributed by atoms with Crippen molar-refractivity contribution in [3.05, 3.63) is 0 Å². The maximum atomic E-state index is 12.2. The lowest BCUT2D eigenvalue weighted by molar-refractivity contribution is -0.187. The Morgan fingerprint density at radius 3 is 2.45 bits per heavy atom. The molecule has 64 valence electrons. The number of epoxide rings is 1. The van der Waals surface area contributed by atoms with Crippen LogP contribution in [0, 0.1) is 0 Å². The molecule has 0 bridgehead atoms. The quantitative estimate of drug-likeness (QED) is 0.503. The fourth-order valence-electron chi connectivity index (χ4n) is 1.84. The Balaban J connectivity index is 2.13.